The fraction of sp³-hybridized carbons (Fsp3) is 0.133. The second-order valence-electron chi connectivity index (χ2n) is 3.94. The van der Waals surface area contributed by atoms with E-state index in [4.69, 9.17) is 26.7 Å². The maximum Gasteiger partial charge on any atom is 0.146 e. The number of hydrogen-bond acceptors (Lipinski definition) is 3. The third-order valence-corrected chi connectivity index (χ3v) is 2.95. The third-order valence-electron chi connectivity index (χ3n) is 2.64. The van der Waals surface area contributed by atoms with E-state index < -0.39 is 0 Å². The highest BCUT2D eigenvalue weighted by atomic mass is 35.5. The van der Waals surface area contributed by atoms with Crippen LogP contribution in [-0.2, 0) is 6.42 Å². The van der Waals surface area contributed by atoms with Crippen LogP contribution >= 0.6 is 11.6 Å². The summed E-state index contributed by atoms with van der Waals surface area (Å²) in [6, 6.07) is 14.5. The van der Waals surface area contributed by atoms with Crippen molar-refractivity contribution in [3.8, 4) is 17.6 Å². The van der Waals surface area contributed by atoms with E-state index in [9.17, 15) is 0 Å². The molecule has 4 heteroatoms. The standard InChI is InChI=1S/C15H12ClNO2/c16-14-2-1-3-15(13(14)10-17)19-12-6-4-11(5-7-12)8-9-18/h1-7,18H,8-9H2. The molecule has 0 radical (unpaired) electrons. The molecule has 0 amide bonds. The molecule has 96 valence electrons. The normalized spacial score (nSPS) is 9.95. The number of ether oxygens (including phenoxy) is 1. The van der Waals surface area contributed by atoms with Crippen molar-refractivity contribution in [3.05, 3.63) is 58.6 Å². The first-order valence-corrected chi connectivity index (χ1v) is 6.18. The van der Waals surface area contributed by atoms with E-state index in [1.165, 1.54) is 0 Å². The maximum absolute atomic E-state index is 9.05. The van der Waals surface area contributed by atoms with Gasteiger partial charge < -0.3 is 9.84 Å². The average Bonchev–Trinajstić information content (AvgIpc) is 2.42. The van der Waals surface area contributed by atoms with Gasteiger partial charge in [0, 0.05) is 6.61 Å². The minimum atomic E-state index is 0.118. The molecule has 19 heavy (non-hydrogen) atoms. The van der Waals surface area contributed by atoms with Crippen LogP contribution in [0.4, 0.5) is 0 Å². The topological polar surface area (TPSA) is 53.2 Å². The fourth-order valence-corrected chi connectivity index (χ4v) is 1.89. The first kappa shape index (κ1) is 13.4. The Hall–Kier alpha value is -2.02. The molecule has 0 saturated heterocycles. The zero-order valence-electron chi connectivity index (χ0n) is 10.1. The molecule has 0 saturated carbocycles. The Kier molecular flexibility index (Phi) is 4.40. The predicted octanol–water partition coefficient (Wildman–Crippen LogP) is 3.54. The molecule has 1 N–H and O–H groups in total. The van der Waals surface area contributed by atoms with Gasteiger partial charge in [-0.3, -0.25) is 0 Å². The lowest BCUT2D eigenvalue weighted by atomic mass is 10.1. The molecule has 0 aliphatic rings. The van der Waals surface area contributed by atoms with Crippen molar-refractivity contribution in [1.29, 1.82) is 5.26 Å². The van der Waals surface area contributed by atoms with Crippen LogP contribution in [0.2, 0.25) is 5.02 Å². The van der Waals surface area contributed by atoms with Gasteiger partial charge in [-0.05, 0) is 36.2 Å². The highest BCUT2D eigenvalue weighted by Gasteiger charge is 2.08. The summed E-state index contributed by atoms with van der Waals surface area (Å²) in [4.78, 5) is 0. The van der Waals surface area contributed by atoms with Crippen LogP contribution in [0.3, 0.4) is 0 Å². The van der Waals surface area contributed by atoms with E-state index in [1.54, 1.807) is 30.3 Å². The summed E-state index contributed by atoms with van der Waals surface area (Å²) >= 11 is 5.93. The Labute approximate surface area is 116 Å². The second-order valence-corrected chi connectivity index (χ2v) is 4.35. The Balaban J connectivity index is 2.22. The SMILES string of the molecule is N#Cc1c(Cl)cccc1Oc1ccc(CCO)cc1. The maximum atomic E-state index is 9.05. The monoisotopic (exact) mass is 273 g/mol. The molecule has 0 aliphatic carbocycles. The van der Waals surface area contributed by atoms with Crippen LogP contribution in [0.15, 0.2) is 42.5 Å². The van der Waals surface area contributed by atoms with Crippen molar-refractivity contribution in [2.24, 2.45) is 0 Å². The summed E-state index contributed by atoms with van der Waals surface area (Å²) in [5, 5.41) is 18.3. The Morgan fingerprint density at radius 2 is 1.89 bits per heavy atom. The van der Waals surface area contributed by atoms with Crippen LogP contribution < -0.4 is 4.74 Å². The highest BCUT2D eigenvalue weighted by Crippen LogP contribution is 2.29. The van der Waals surface area contributed by atoms with Gasteiger partial charge in [-0.1, -0.05) is 29.8 Å². The van der Waals surface area contributed by atoms with Gasteiger partial charge in [0.2, 0.25) is 0 Å². The summed E-state index contributed by atoms with van der Waals surface area (Å²) in [5.74, 6) is 1.06. The largest absolute Gasteiger partial charge is 0.456 e. The van der Waals surface area contributed by atoms with Crippen LogP contribution in [0, 0.1) is 11.3 Å². The van der Waals surface area contributed by atoms with Crippen molar-refractivity contribution in [2.75, 3.05) is 6.61 Å². The molecule has 0 fully saturated rings. The zero-order valence-corrected chi connectivity index (χ0v) is 10.9. The van der Waals surface area contributed by atoms with Crippen LogP contribution in [0.5, 0.6) is 11.5 Å². The number of benzene rings is 2. The Morgan fingerprint density at radius 3 is 2.53 bits per heavy atom. The summed E-state index contributed by atoms with van der Waals surface area (Å²) in [5.41, 5.74) is 1.35. The minimum Gasteiger partial charge on any atom is -0.456 e. The smallest absolute Gasteiger partial charge is 0.146 e. The van der Waals surface area contributed by atoms with Crippen LogP contribution in [0.25, 0.3) is 0 Å². The van der Waals surface area contributed by atoms with Crippen LogP contribution in [0.1, 0.15) is 11.1 Å². The summed E-state index contributed by atoms with van der Waals surface area (Å²) < 4.78 is 5.64. The Morgan fingerprint density at radius 1 is 1.16 bits per heavy atom. The Bertz CT molecular complexity index is 603. The van der Waals surface area contributed by atoms with Crippen LogP contribution in [-0.4, -0.2) is 11.7 Å². The average molecular weight is 274 g/mol. The van der Waals surface area contributed by atoms with Crippen molar-refractivity contribution in [3.63, 3.8) is 0 Å². The molecule has 0 aromatic heterocycles. The van der Waals surface area contributed by atoms with E-state index in [1.807, 2.05) is 18.2 Å². The summed E-state index contributed by atoms with van der Waals surface area (Å²) in [6.07, 6.45) is 0.612. The number of aliphatic hydroxyl groups is 1. The number of aliphatic hydroxyl groups excluding tert-OH is 1. The number of halogens is 1. The zero-order chi connectivity index (χ0) is 13.7. The van der Waals surface area contributed by atoms with Gasteiger partial charge in [0.25, 0.3) is 0 Å². The molecule has 0 unspecified atom stereocenters. The lowest BCUT2D eigenvalue weighted by Crippen LogP contribution is -1.92. The molecule has 2 aromatic rings. The molecule has 2 rings (SSSR count). The van der Waals surface area contributed by atoms with E-state index in [-0.39, 0.29) is 6.61 Å². The second kappa shape index (κ2) is 6.24. The molecule has 2 aromatic carbocycles. The van der Waals surface area contributed by atoms with E-state index in [0.29, 0.717) is 28.5 Å². The molecule has 0 atom stereocenters. The van der Waals surface area contributed by atoms with Gasteiger partial charge >= 0.3 is 0 Å². The molecule has 0 bridgehead atoms. The van der Waals surface area contributed by atoms with Gasteiger partial charge in [-0.25, -0.2) is 0 Å². The first-order valence-electron chi connectivity index (χ1n) is 5.81. The summed E-state index contributed by atoms with van der Waals surface area (Å²) in [7, 11) is 0. The third kappa shape index (κ3) is 3.25. The lowest BCUT2D eigenvalue weighted by Gasteiger charge is -2.08. The van der Waals surface area contributed by atoms with E-state index in [2.05, 4.69) is 0 Å². The minimum absolute atomic E-state index is 0.118. The van der Waals surface area contributed by atoms with Gasteiger partial charge in [-0.15, -0.1) is 0 Å². The molecule has 0 aliphatic heterocycles. The first-order chi connectivity index (χ1) is 9.24. The molecule has 0 spiro atoms. The molecule has 3 nitrogen and oxygen atoms in total. The summed E-state index contributed by atoms with van der Waals surface area (Å²) in [6.45, 7) is 0.118. The van der Waals surface area contributed by atoms with Crippen molar-refractivity contribution in [1.82, 2.24) is 0 Å². The molecular formula is C15H12ClNO2. The number of nitrogens with zero attached hydrogens (tertiary/aromatic N) is 1. The number of rotatable bonds is 4. The van der Waals surface area contributed by atoms with Crippen molar-refractivity contribution in [2.45, 2.75) is 6.42 Å². The van der Waals surface area contributed by atoms with E-state index in [0.717, 1.165) is 5.56 Å². The quantitative estimate of drug-likeness (QED) is 0.927. The predicted molar refractivity (Wildman–Crippen MR) is 73.5 cm³/mol. The van der Waals surface area contributed by atoms with Crippen molar-refractivity contribution >= 4 is 11.6 Å². The van der Waals surface area contributed by atoms with Gasteiger partial charge in [-0.2, -0.15) is 5.26 Å². The van der Waals surface area contributed by atoms with E-state index >= 15 is 0 Å². The number of nitriles is 1. The lowest BCUT2D eigenvalue weighted by molar-refractivity contribution is 0.299. The fourth-order valence-electron chi connectivity index (χ4n) is 1.68. The highest BCUT2D eigenvalue weighted by molar-refractivity contribution is 6.31. The van der Waals surface area contributed by atoms with Gasteiger partial charge in [0.05, 0.1) is 5.02 Å². The molecule has 0 heterocycles. The van der Waals surface area contributed by atoms with Crippen molar-refractivity contribution < 1.29 is 9.84 Å². The molecular weight excluding hydrogens is 262 g/mol. The van der Waals surface area contributed by atoms with Gasteiger partial charge in [0.1, 0.15) is 23.1 Å². The van der Waals surface area contributed by atoms with Gasteiger partial charge in [0.15, 0.2) is 0 Å². The number of hydrogen-bond donors (Lipinski definition) is 1.